The number of hydrogen-bond acceptors (Lipinski definition) is 6. The van der Waals surface area contributed by atoms with Gasteiger partial charge >= 0.3 is 0 Å². The number of aromatic nitrogens is 1. The standard InChI is InChI=1S/C28H45N5O/c1-21(2)32-11-13-33(14-12-32)24-7-5-23(6-8-24)28-26-20-25(9-10-31-15-17-34-18-16-31)30(4)27(26)19-22(3)29-28/h5,19,21,24-25H,6-18,20H2,1-4H3. The van der Waals surface area contributed by atoms with Crippen molar-refractivity contribution in [2.45, 2.75) is 71.0 Å². The molecule has 4 aliphatic rings. The van der Waals surface area contributed by atoms with Gasteiger partial charge in [-0.05, 0) is 64.5 Å². The largest absolute Gasteiger partial charge is 0.379 e. The Morgan fingerprint density at radius 2 is 1.85 bits per heavy atom. The molecule has 1 aromatic heterocycles. The first-order valence-corrected chi connectivity index (χ1v) is 13.7. The number of pyridine rings is 1. The van der Waals surface area contributed by atoms with Crippen LogP contribution in [-0.4, -0.2) is 104 Å². The van der Waals surface area contributed by atoms with Gasteiger partial charge in [0.1, 0.15) is 0 Å². The van der Waals surface area contributed by atoms with Crippen LogP contribution < -0.4 is 4.90 Å². The van der Waals surface area contributed by atoms with Crippen molar-refractivity contribution in [1.29, 1.82) is 0 Å². The van der Waals surface area contributed by atoms with E-state index < -0.39 is 0 Å². The van der Waals surface area contributed by atoms with Crippen molar-refractivity contribution >= 4 is 11.3 Å². The summed E-state index contributed by atoms with van der Waals surface area (Å²) < 4.78 is 5.53. The van der Waals surface area contributed by atoms with Gasteiger partial charge in [0.25, 0.3) is 0 Å². The summed E-state index contributed by atoms with van der Waals surface area (Å²) in [6.45, 7) is 16.8. The van der Waals surface area contributed by atoms with E-state index in [0.717, 1.165) is 38.4 Å². The van der Waals surface area contributed by atoms with E-state index in [1.165, 1.54) is 80.9 Å². The molecule has 6 heteroatoms. The summed E-state index contributed by atoms with van der Waals surface area (Å²) in [6, 6.07) is 4.27. The second kappa shape index (κ2) is 10.7. The predicted octanol–water partition coefficient (Wildman–Crippen LogP) is 3.44. The fraction of sp³-hybridized carbons (Fsp3) is 0.750. The lowest BCUT2D eigenvalue weighted by Gasteiger charge is -2.41. The van der Waals surface area contributed by atoms with E-state index in [-0.39, 0.29) is 0 Å². The molecule has 0 aromatic carbocycles. The van der Waals surface area contributed by atoms with Crippen LogP contribution in [0.3, 0.4) is 0 Å². The lowest BCUT2D eigenvalue weighted by molar-refractivity contribution is 0.0367. The van der Waals surface area contributed by atoms with Crippen LogP contribution in [0.15, 0.2) is 12.1 Å². The number of rotatable bonds is 6. The molecule has 2 fully saturated rings. The first-order chi connectivity index (χ1) is 16.5. The monoisotopic (exact) mass is 467 g/mol. The minimum atomic E-state index is 0.578. The SMILES string of the molecule is Cc1cc2c(c(C3=CCC(N4CCN(C(C)C)CC4)CC3)n1)CC(CCN1CCOCC1)N2C. The van der Waals surface area contributed by atoms with Gasteiger partial charge in [-0.15, -0.1) is 0 Å². The summed E-state index contributed by atoms with van der Waals surface area (Å²) in [5.74, 6) is 0. The van der Waals surface area contributed by atoms with E-state index in [1.807, 2.05) is 0 Å². The number of aryl methyl sites for hydroxylation is 1. The van der Waals surface area contributed by atoms with Gasteiger partial charge in [0.05, 0.1) is 18.9 Å². The number of fused-ring (bicyclic) bond motifs is 1. The molecule has 2 unspecified atom stereocenters. The minimum Gasteiger partial charge on any atom is -0.379 e. The zero-order chi connectivity index (χ0) is 23.7. The maximum atomic E-state index is 5.53. The summed E-state index contributed by atoms with van der Waals surface area (Å²) in [5.41, 5.74) is 6.87. The first kappa shape index (κ1) is 24.2. The molecule has 5 rings (SSSR count). The topological polar surface area (TPSA) is 35.1 Å². The molecule has 0 bridgehead atoms. The van der Waals surface area contributed by atoms with Crippen molar-refractivity contribution in [2.24, 2.45) is 0 Å². The third kappa shape index (κ3) is 5.20. The summed E-state index contributed by atoms with van der Waals surface area (Å²) in [6.07, 6.45) is 8.50. The highest BCUT2D eigenvalue weighted by atomic mass is 16.5. The van der Waals surface area contributed by atoms with E-state index in [2.05, 4.69) is 59.6 Å². The van der Waals surface area contributed by atoms with Crippen molar-refractivity contribution in [3.63, 3.8) is 0 Å². The van der Waals surface area contributed by atoms with Gasteiger partial charge in [0.2, 0.25) is 0 Å². The molecule has 0 spiro atoms. The highest BCUT2D eigenvalue weighted by molar-refractivity contribution is 5.74. The van der Waals surface area contributed by atoms with Gasteiger partial charge in [0, 0.05) is 87.9 Å². The quantitative estimate of drug-likeness (QED) is 0.638. The average molecular weight is 468 g/mol. The lowest BCUT2D eigenvalue weighted by atomic mass is 9.89. The van der Waals surface area contributed by atoms with Crippen LogP contribution in [0.4, 0.5) is 5.69 Å². The number of allylic oxidation sites excluding steroid dienone is 1. The Balaban J connectivity index is 1.24. The molecule has 188 valence electrons. The summed E-state index contributed by atoms with van der Waals surface area (Å²) in [7, 11) is 2.29. The molecule has 1 aromatic rings. The molecule has 4 heterocycles. The van der Waals surface area contributed by atoms with E-state index in [4.69, 9.17) is 9.72 Å². The van der Waals surface area contributed by atoms with Crippen molar-refractivity contribution in [3.05, 3.63) is 29.1 Å². The Kier molecular flexibility index (Phi) is 7.59. The molecule has 3 aliphatic heterocycles. The number of anilines is 1. The Hall–Kier alpha value is -1.47. The highest BCUT2D eigenvalue weighted by Gasteiger charge is 2.32. The normalized spacial score (nSPS) is 27.3. The molecule has 0 saturated carbocycles. The van der Waals surface area contributed by atoms with E-state index in [1.54, 1.807) is 0 Å². The predicted molar refractivity (Wildman–Crippen MR) is 141 cm³/mol. The fourth-order valence-corrected chi connectivity index (χ4v) is 6.47. The molecule has 0 amide bonds. The van der Waals surface area contributed by atoms with Crippen LogP contribution >= 0.6 is 0 Å². The number of nitrogens with zero attached hydrogens (tertiary/aromatic N) is 5. The van der Waals surface area contributed by atoms with E-state index >= 15 is 0 Å². The molecule has 1 aliphatic carbocycles. The van der Waals surface area contributed by atoms with Gasteiger partial charge in [0.15, 0.2) is 0 Å². The number of morpholine rings is 1. The van der Waals surface area contributed by atoms with E-state index in [9.17, 15) is 0 Å². The number of likely N-dealkylation sites (N-methyl/N-ethyl adjacent to an activating group) is 1. The number of hydrogen-bond donors (Lipinski definition) is 0. The van der Waals surface area contributed by atoms with Gasteiger partial charge in [-0.2, -0.15) is 0 Å². The minimum absolute atomic E-state index is 0.578. The summed E-state index contributed by atoms with van der Waals surface area (Å²) >= 11 is 0. The number of ether oxygens (including phenoxy) is 1. The van der Waals surface area contributed by atoms with Crippen LogP contribution in [0, 0.1) is 6.92 Å². The third-order valence-electron chi connectivity index (χ3n) is 8.76. The molecule has 2 saturated heterocycles. The van der Waals surface area contributed by atoms with Crippen molar-refractivity contribution in [1.82, 2.24) is 19.7 Å². The Labute approximate surface area is 206 Å². The maximum Gasteiger partial charge on any atom is 0.0715 e. The Bertz CT molecular complexity index is 870. The zero-order valence-corrected chi connectivity index (χ0v) is 21.9. The highest BCUT2D eigenvalue weighted by Crippen LogP contribution is 2.39. The second-order valence-electron chi connectivity index (χ2n) is 11.1. The molecule has 0 N–H and O–H groups in total. The second-order valence-corrected chi connectivity index (χ2v) is 11.1. The maximum absolute atomic E-state index is 5.53. The molecular weight excluding hydrogens is 422 g/mol. The van der Waals surface area contributed by atoms with Crippen molar-refractivity contribution < 1.29 is 4.74 Å². The van der Waals surface area contributed by atoms with Crippen molar-refractivity contribution in [3.8, 4) is 0 Å². The molecule has 34 heavy (non-hydrogen) atoms. The molecular formula is C28H45N5O. The van der Waals surface area contributed by atoms with Gasteiger partial charge in [-0.25, -0.2) is 0 Å². The molecule has 6 nitrogen and oxygen atoms in total. The molecule has 0 radical (unpaired) electrons. The number of piperazine rings is 1. The first-order valence-electron chi connectivity index (χ1n) is 13.7. The van der Waals surface area contributed by atoms with Gasteiger partial charge < -0.3 is 9.64 Å². The Morgan fingerprint density at radius 3 is 2.53 bits per heavy atom. The van der Waals surface area contributed by atoms with Crippen LogP contribution in [-0.2, 0) is 11.2 Å². The van der Waals surface area contributed by atoms with Crippen LogP contribution in [0.5, 0.6) is 0 Å². The zero-order valence-electron chi connectivity index (χ0n) is 21.9. The van der Waals surface area contributed by atoms with Crippen LogP contribution in [0.1, 0.15) is 56.5 Å². The van der Waals surface area contributed by atoms with Crippen LogP contribution in [0.25, 0.3) is 5.57 Å². The summed E-state index contributed by atoms with van der Waals surface area (Å²) in [4.78, 5) is 15.6. The van der Waals surface area contributed by atoms with Crippen LogP contribution in [0.2, 0.25) is 0 Å². The summed E-state index contributed by atoms with van der Waals surface area (Å²) in [5, 5.41) is 0. The smallest absolute Gasteiger partial charge is 0.0715 e. The van der Waals surface area contributed by atoms with Gasteiger partial charge in [-0.1, -0.05) is 6.08 Å². The van der Waals surface area contributed by atoms with E-state index in [0.29, 0.717) is 18.1 Å². The molecule has 2 atom stereocenters. The lowest BCUT2D eigenvalue weighted by Crippen LogP contribution is -2.52. The average Bonchev–Trinajstić information content (AvgIpc) is 3.18. The van der Waals surface area contributed by atoms with Gasteiger partial charge in [-0.3, -0.25) is 19.7 Å². The Morgan fingerprint density at radius 1 is 1.09 bits per heavy atom. The van der Waals surface area contributed by atoms with Crippen molar-refractivity contribution in [2.75, 3.05) is 71.0 Å². The fourth-order valence-electron chi connectivity index (χ4n) is 6.47. The third-order valence-corrected chi connectivity index (χ3v) is 8.76.